The van der Waals surface area contributed by atoms with E-state index in [9.17, 15) is 4.79 Å². The fourth-order valence-electron chi connectivity index (χ4n) is 3.35. The van der Waals surface area contributed by atoms with Crippen molar-refractivity contribution >= 4 is 23.2 Å². The number of amides is 1. The van der Waals surface area contributed by atoms with E-state index >= 15 is 0 Å². The maximum absolute atomic E-state index is 12.3. The summed E-state index contributed by atoms with van der Waals surface area (Å²) in [5.41, 5.74) is 1.76. The molecular weight excluding hydrogens is 362 g/mol. The number of nitrogens with zero attached hydrogens (tertiary/aromatic N) is 4. The molecule has 1 aromatic carbocycles. The third kappa shape index (κ3) is 5.54. The van der Waals surface area contributed by atoms with Crippen molar-refractivity contribution in [3.63, 3.8) is 0 Å². The van der Waals surface area contributed by atoms with Gasteiger partial charge in [-0.15, -0.1) is 0 Å². The van der Waals surface area contributed by atoms with E-state index < -0.39 is 0 Å². The van der Waals surface area contributed by atoms with Crippen LogP contribution in [0.5, 0.6) is 0 Å². The number of hydrogen-bond donors (Lipinski definition) is 1. The normalized spacial score (nSPS) is 15.8. The molecule has 0 atom stereocenters. The Morgan fingerprint density at radius 3 is 2.63 bits per heavy atom. The predicted octanol–water partition coefficient (Wildman–Crippen LogP) is 2.66. The highest BCUT2D eigenvalue weighted by Crippen LogP contribution is 2.19. The van der Waals surface area contributed by atoms with Crippen molar-refractivity contribution in [2.24, 2.45) is 0 Å². The summed E-state index contributed by atoms with van der Waals surface area (Å²) in [6, 6.07) is 5.60. The molecule has 3 rings (SSSR count). The molecule has 1 aliphatic rings. The van der Waals surface area contributed by atoms with Gasteiger partial charge in [-0.1, -0.05) is 24.6 Å². The van der Waals surface area contributed by atoms with Crippen molar-refractivity contribution < 1.29 is 4.79 Å². The summed E-state index contributed by atoms with van der Waals surface area (Å²) < 4.78 is 2.23. The zero-order valence-electron chi connectivity index (χ0n) is 16.1. The molecule has 0 saturated carbocycles. The summed E-state index contributed by atoms with van der Waals surface area (Å²) in [7, 11) is 0. The number of piperazine rings is 1. The quantitative estimate of drug-likeness (QED) is 0.791. The molecule has 7 heteroatoms. The van der Waals surface area contributed by atoms with Gasteiger partial charge in [-0.3, -0.25) is 14.6 Å². The molecule has 1 amide bonds. The van der Waals surface area contributed by atoms with Crippen LogP contribution in [-0.2, 0) is 17.8 Å². The second kappa shape index (κ2) is 9.35. The molecule has 0 spiro atoms. The van der Waals surface area contributed by atoms with Crippen LogP contribution in [0.25, 0.3) is 0 Å². The molecule has 1 fully saturated rings. The molecule has 0 radical (unpaired) electrons. The highest BCUT2D eigenvalue weighted by Gasteiger charge is 2.19. The minimum absolute atomic E-state index is 0.00868. The first-order valence-corrected chi connectivity index (χ1v) is 9.93. The standard InChI is InChI=1S/C20H28ClN5O/c1-3-19-22-6-7-26(19)13-12-24-8-10-25(11-9-24)15-20(27)23-17-5-4-16(2)18(21)14-17/h4-7,14H,3,8-13,15H2,1-2H3,(H,23,27). The Bertz CT molecular complexity index is 767. The molecule has 2 heterocycles. The summed E-state index contributed by atoms with van der Waals surface area (Å²) in [4.78, 5) is 21.3. The van der Waals surface area contributed by atoms with Crippen molar-refractivity contribution in [2.75, 3.05) is 44.6 Å². The number of imidazole rings is 1. The van der Waals surface area contributed by atoms with Crippen LogP contribution in [0.1, 0.15) is 18.3 Å². The second-order valence-electron chi connectivity index (χ2n) is 7.02. The van der Waals surface area contributed by atoms with Crippen molar-refractivity contribution in [3.05, 3.63) is 47.0 Å². The topological polar surface area (TPSA) is 53.4 Å². The number of aromatic nitrogens is 2. The monoisotopic (exact) mass is 389 g/mol. The number of aryl methyl sites for hydroxylation is 2. The molecule has 0 aliphatic carbocycles. The minimum Gasteiger partial charge on any atom is -0.334 e. The fraction of sp³-hybridized carbons (Fsp3) is 0.500. The Morgan fingerprint density at radius 1 is 1.19 bits per heavy atom. The van der Waals surface area contributed by atoms with E-state index in [1.807, 2.05) is 25.3 Å². The number of hydrogen-bond acceptors (Lipinski definition) is 4. The Balaban J connectivity index is 1.39. The zero-order chi connectivity index (χ0) is 19.2. The molecule has 1 N–H and O–H groups in total. The first kappa shape index (κ1) is 19.9. The summed E-state index contributed by atoms with van der Waals surface area (Å²) in [6.45, 7) is 10.3. The summed E-state index contributed by atoms with van der Waals surface area (Å²) in [5.74, 6) is 1.15. The van der Waals surface area contributed by atoms with E-state index in [-0.39, 0.29) is 5.91 Å². The van der Waals surface area contributed by atoms with Crippen LogP contribution in [0, 0.1) is 6.92 Å². The van der Waals surface area contributed by atoms with Gasteiger partial charge in [0.2, 0.25) is 5.91 Å². The Kier molecular flexibility index (Phi) is 6.88. The fourth-order valence-corrected chi connectivity index (χ4v) is 3.53. The molecule has 146 valence electrons. The smallest absolute Gasteiger partial charge is 0.238 e. The van der Waals surface area contributed by atoms with Crippen molar-refractivity contribution in [1.82, 2.24) is 19.4 Å². The van der Waals surface area contributed by atoms with E-state index in [1.54, 1.807) is 6.07 Å². The zero-order valence-corrected chi connectivity index (χ0v) is 16.9. The van der Waals surface area contributed by atoms with Crippen LogP contribution in [0.4, 0.5) is 5.69 Å². The molecule has 6 nitrogen and oxygen atoms in total. The van der Waals surface area contributed by atoms with Crippen LogP contribution in [0.15, 0.2) is 30.6 Å². The Morgan fingerprint density at radius 2 is 1.93 bits per heavy atom. The van der Waals surface area contributed by atoms with E-state index in [1.165, 1.54) is 0 Å². The third-order valence-electron chi connectivity index (χ3n) is 5.06. The van der Waals surface area contributed by atoms with Gasteiger partial charge in [-0.2, -0.15) is 0 Å². The molecule has 1 aromatic heterocycles. The maximum atomic E-state index is 12.3. The van der Waals surface area contributed by atoms with Crippen molar-refractivity contribution in [3.8, 4) is 0 Å². The number of carbonyl (C=O) groups is 1. The molecular formula is C20H28ClN5O. The average Bonchev–Trinajstić information content (AvgIpc) is 3.12. The third-order valence-corrected chi connectivity index (χ3v) is 5.47. The van der Waals surface area contributed by atoms with Gasteiger partial charge in [0.25, 0.3) is 0 Å². The van der Waals surface area contributed by atoms with Crippen molar-refractivity contribution in [1.29, 1.82) is 0 Å². The van der Waals surface area contributed by atoms with Crippen LogP contribution < -0.4 is 5.32 Å². The predicted molar refractivity (Wildman–Crippen MR) is 109 cm³/mol. The molecule has 1 aliphatic heterocycles. The molecule has 2 aromatic rings. The summed E-state index contributed by atoms with van der Waals surface area (Å²) >= 11 is 6.12. The van der Waals surface area contributed by atoms with Gasteiger partial charge in [0.15, 0.2) is 0 Å². The number of nitrogens with one attached hydrogen (secondary N) is 1. The van der Waals surface area contributed by atoms with Crippen LogP contribution >= 0.6 is 11.6 Å². The van der Waals surface area contributed by atoms with Gasteiger partial charge in [0.1, 0.15) is 5.82 Å². The number of carbonyl (C=O) groups excluding carboxylic acids is 1. The lowest BCUT2D eigenvalue weighted by atomic mass is 10.2. The second-order valence-corrected chi connectivity index (χ2v) is 7.43. The first-order chi connectivity index (χ1) is 13.0. The SMILES string of the molecule is CCc1nccn1CCN1CCN(CC(=O)Nc2ccc(C)c(Cl)c2)CC1. The number of anilines is 1. The molecule has 1 saturated heterocycles. The summed E-state index contributed by atoms with van der Waals surface area (Å²) in [6.07, 6.45) is 4.88. The highest BCUT2D eigenvalue weighted by molar-refractivity contribution is 6.31. The minimum atomic E-state index is 0.00868. The van der Waals surface area contributed by atoms with Gasteiger partial charge in [0, 0.05) is 68.8 Å². The molecule has 0 bridgehead atoms. The molecule has 0 unspecified atom stereocenters. The largest absolute Gasteiger partial charge is 0.334 e. The maximum Gasteiger partial charge on any atom is 0.238 e. The highest BCUT2D eigenvalue weighted by atomic mass is 35.5. The Labute approximate surface area is 166 Å². The number of rotatable bonds is 7. The summed E-state index contributed by atoms with van der Waals surface area (Å²) in [5, 5.41) is 3.61. The van der Waals surface area contributed by atoms with Gasteiger partial charge in [-0.25, -0.2) is 4.98 Å². The average molecular weight is 390 g/mol. The van der Waals surface area contributed by atoms with Gasteiger partial charge >= 0.3 is 0 Å². The van der Waals surface area contributed by atoms with Gasteiger partial charge in [0.05, 0.1) is 6.54 Å². The van der Waals surface area contributed by atoms with Crippen molar-refractivity contribution in [2.45, 2.75) is 26.8 Å². The lowest BCUT2D eigenvalue weighted by Crippen LogP contribution is -2.49. The van der Waals surface area contributed by atoms with Gasteiger partial charge in [-0.05, 0) is 24.6 Å². The number of benzene rings is 1. The van der Waals surface area contributed by atoms with E-state index in [4.69, 9.17) is 11.6 Å². The lowest BCUT2D eigenvalue weighted by Gasteiger charge is -2.34. The lowest BCUT2D eigenvalue weighted by molar-refractivity contribution is -0.117. The number of halogens is 1. The molecule has 27 heavy (non-hydrogen) atoms. The van der Waals surface area contributed by atoms with E-state index in [0.29, 0.717) is 11.6 Å². The van der Waals surface area contributed by atoms with Crippen LogP contribution in [0.3, 0.4) is 0 Å². The Hall–Kier alpha value is -1.89. The van der Waals surface area contributed by atoms with Crippen LogP contribution in [-0.4, -0.2) is 64.5 Å². The first-order valence-electron chi connectivity index (χ1n) is 9.56. The van der Waals surface area contributed by atoms with Gasteiger partial charge < -0.3 is 9.88 Å². The van der Waals surface area contributed by atoms with E-state index in [0.717, 1.165) is 62.8 Å². The van der Waals surface area contributed by atoms with E-state index in [2.05, 4.69) is 37.8 Å². The van der Waals surface area contributed by atoms with Crippen LogP contribution in [0.2, 0.25) is 5.02 Å².